The third kappa shape index (κ3) is 3.61. The van der Waals surface area contributed by atoms with Gasteiger partial charge in [0.15, 0.2) is 5.13 Å². The molecule has 1 aromatic heterocycles. The number of carbonyl (C=O) groups is 1. The third-order valence-corrected chi connectivity index (χ3v) is 4.02. The lowest BCUT2D eigenvalue weighted by Gasteiger charge is -1.96. The predicted molar refractivity (Wildman–Crippen MR) is 90.3 cm³/mol. The van der Waals surface area contributed by atoms with Crippen LogP contribution < -0.4 is 5.32 Å². The third-order valence-electron chi connectivity index (χ3n) is 3.09. The number of nitro groups is 1. The molecule has 0 saturated carbocycles. The lowest BCUT2D eigenvalue weighted by molar-refractivity contribution is -0.384. The van der Waals surface area contributed by atoms with Crippen molar-refractivity contribution in [1.82, 2.24) is 4.98 Å². The second kappa shape index (κ2) is 6.55. The van der Waals surface area contributed by atoms with Crippen LogP contribution in [0, 0.1) is 15.9 Å². The molecule has 0 aliphatic carbocycles. The van der Waals surface area contributed by atoms with Gasteiger partial charge in [0.25, 0.3) is 5.69 Å². The summed E-state index contributed by atoms with van der Waals surface area (Å²) in [5.74, 6) is -0.796. The molecule has 8 heteroatoms. The van der Waals surface area contributed by atoms with Gasteiger partial charge in [0.05, 0.1) is 15.1 Å². The number of hydrogen-bond acceptors (Lipinski definition) is 5. The standard InChI is InChI=1S/C16H10FN3O3S/c17-11-5-6-13-14(9-11)24-16(18-13)19-15(21)7-4-10-2-1-3-12(8-10)20(22)23/h1-9H,(H,18,19,21). The van der Waals surface area contributed by atoms with Crippen LogP contribution >= 0.6 is 11.3 Å². The highest BCUT2D eigenvalue weighted by Gasteiger charge is 2.07. The van der Waals surface area contributed by atoms with Crippen molar-refractivity contribution in [3.63, 3.8) is 0 Å². The van der Waals surface area contributed by atoms with Gasteiger partial charge in [-0.1, -0.05) is 23.5 Å². The molecule has 6 nitrogen and oxygen atoms in total. The van der Waals surface area contributed by atoms with E-state index < -0.39 is 10.8 Å². The second-order valence-corrected chi connectivity index (χ2v) is 5.84. The second-order valence-electron chi connectivity index (χ2n) is 4.81. The van der Waals surface area contributed by atoms with Gasteiger partial charge >= 0.3 is 0 Å². The van der Waals surface area contributed by atoms with Crippen LogP contribution in [0.15, 0.2) is 48.5 Å². The van der Waals surface area contributed by atoms with Crippen LogP contribution in [0.5, 0.6) is 0 Å². The number of aromatic nitrogens is 1. The van der Waals surface area contributed by atoms with Gasteiger partial charge in [-0.25, -0.2) is 9.37 Å². The Labute approximate surface area is 139 Å². The van der Waals surface area contributed by atoms with Crippen LogP contribution in [0.1, 0.15) is 5.56 Å². The Morgan fingerprint density at radius 3 is 2.92 bits per heavy atom. The van der Waals surface area contributed by atoms with E-state index in [9.17, 15) is 19.3 Å². The molecule has 2 aromatic carbocycles. The molecule has 0 fully saturated rings. The summed E-state index contributed by atoms with van der Waals surface area (Å²) in [4.78, 5) is 26.3. The van der Waals surface area contributed by atoms with Crippen LogP contribution in [-0.2, 0) is 4.79 Å². The SMILES string of the molecule is O=C(C=Cc1cccc([N+](=O)[O-])c1)Nc1nc2ccc(F)cc2s1. The summed E-state index contributed by atoms with van der Waals surface area (Å²) in [6.07, 6.45) is 2.72. The summed E-state index contributed by atoms with van der Waals surface area (Å²) >= 11 is 1.16. The van der Waals surface area contributed by atoms with Gasteiger partial charge in [0.1, 0.15) is 5.82 Å². The number of rotatable bonds is 4. The van der Waals surface area contributed by atoms with Crippen molar-refractivity contribution >= 4 is 44.4 Å². The number of thiazole rings is 1. The minimum Gasteiger partial charge on any atom is -0.298 e. The van der Waals surface area contributed by atoms with E-state index in [2.05, 4.69) is 10.3 Å². The number of anilines is 1. The largest absolute Gasteiger partial charge is 0.298 e. The first kappa shape index (κ1) is 15.8. The Morgan fingerprint density at radius 1 is 1.29 bits per heavy atom. The van der Waals surface area contributed by atoms with E-state index in [1.54, 1.807) is 6.07 Å². The smallest absolute Gasteiger partial charge is 0.270 e. The molecule has 0 aliphatic rings. The quantitative estimate of drug-likeness (QED) is 0.441. The summed E-state index contributed by atoms with van der Waals surface area (Å²) in [6.45, 7) is 0. The van der Waals surface area contributed by atoms with Gasteiger partial charge < -0.3 is 0 Å². The number of fused-ring (bicyclic) bond motifs is 1. The van der Waals surface area contributed by atoms with E-state index >= 15 is 0 Å². The molecular weight excluding hydrogens is 333 g/mol. The van der Waals surface area contributed by atoms with E-state index in [0.717, 1.165) is 11.3 Å². The van der Waals surface area contributed by atoms with Crippen LogP contribution in [-0.4, -0.2) is 15.8 Å². The zero-order chi connectivity index (χ0) is 17.1. The molecule has 120 valence electrons. The lowest BCUT2D eigenvalue weighted by atomic mass is 10.2. The maximum atomic E-state index is 13.1. The van der Waals surface area contributed by atoms with E-state index in [0.29, 0.717) is 20.9 Å². The molecule has 0 atom stereocenters. The molecule has 0 saturated heterocycles. The van der Waals surface area contributed by atoms with E-state index in [4.69, 9.17) is 0 Å². The average Bonchev–Trinajstić information content (AvgIpc) is 2.94. The first-order valence-electron chi connectivity index (χ1n) is 6.81. The number of non-ortho nitro benzene ring substituents is 1. The molecule has 0 aliphatic heterocycles. The highest BCUT2D eigenvalue weighted by Crippen LogP contribution is 2.26. The van der Waals surface area contributed by atoms with Crippen molar-refractivity contribution in [2.24, 2.45) is 0 Å². The molecule has 0 unspecified atom stereocenters. The summed E-state index contributed by atoms with van der Waals surface area (Å²) in [7, 11) is 0. The minimum absolute atomic E-state index is 0.0502. The van der Waals surface area contributed by atoms with Crippen molar-refractivity contribution in [1.29, 1.82) is 0 Å². The van der Waals surface area contributed by atoms with Crippen LogP contribution in [0.3, 0.4) is 0 Å². The van der Waals surface area contributed by atoms with E-state index in [1.165, 1.54) is 48.6 Å². The summed E-state index contributed by atoms with van der Waals surface area (Å²) in [5, 5.41) is 13.6. The molecule has 3 aromatic rings. The Balaban J connectivity index is 1.72. The Hall–Kier alpha value is -3.13. The molecule has 24 heavy (non-hydrogen) atoms. The van der Waals surface area contributed by atoms with Crippen LogP contribution in [0.2, 0.25) is 0 Å². The van der Waals surface area contributed by atoms with Crippen molar-refractivity contribution < 1.29 is 14.1 Å². The van der Waals surface area contributed by atoms with Crippen molar-refractivity contribution in [3.8, 4) is 0 Å². The minimum atomic E-state index is -0.502. The van der Waals surface area contributed by atoms with Crippen molar-refractivity contribution in [2.45, 2.75) is 0 Å². The summed E-state index contributed by atoms with van der Waals surface area (Å²) in [5.41, 5.74) is 1.08. The van der Waals surface area contributed by atoms with Crippen molar-refractivity contribution in [3.05, 3.63) is 70.0 Å². The number of carbonyl (C=O) groups excluding carboxylic acids is 1. The number of nitrogens with one attached hydrogen (secondary N) is 1. The number of benzene rings is 2. The molecule has 1 N–H and O–H groups in total. The fraction of sp³-hybridized carbons (Fsp3) is 0. The normalized spacial score (nSPS) is 11.0. The molecule has 1 amide bonds. The molecule has 0 bridgehead atoms. The van der Waals surface area contributed by atoms with Gasteiger partial charge in [-0.3, -0.25) is 20.2 Å². The Kier molecular flexibility index (Phi) is 4.30. The molecule has 0 radical (unpaired) electrons. The zero-order valence-electron chi connectivity index (χ0n) is 12.1. The molecule has 3 rings (SSSR count). The highest BCUT2D eigenvalue weighted by atomic mass is 32.1. The van der Waals surface area contributed by atoms with Crippen LogP contribution in [0.4, 0.5) is 15.2 Å². The number of amides is 1. The summed E-state index contributed by atoms with van der Waals surface area (Å²) in [6, 6.07) is 10.1. The molecular formula is C16H10FN3O3S. The summed E-state index contributed by atoms with van der Waals surface area (Å²) < 4.78 is 13.8. The first-order chi connectivity index (χ1) is 11.5. The van der Waals surface area contributed by atoms with Gasteiger partial charge in [0, 0.05) is 18.2 Å². The average molecular weight is 343 g/mol. The highest BCUT2D eigenvalue weighted by molar-refractivity contribution is 7.22. The Morgan fingerprint density at radius 2 is 2.12 bits per heavy atom. The van der Waals surface area contributed by atoms with E-state index in [-0.39, 0.29) is 11.5 Å². The fourth-order valence-corrected chi connectivity index (χ4v) is 2.91. The first-order valence-corrected chi connectivity index (χ1v) is 7.62. The molecule has 0 spiro atoms. The predicted octanol–water partition coefficient (Wildman–Crippen LogP) is 4.00. The molecule has 1 heterocycles. The van der Waals surface area contributed by atoms with E-state index in [1.807, 2.05) is 0 Å². The number of hydrogen-bond donors (Lipinski definition) is 1. The fourth-order valence-electron chi connectivity index (χ4n) is 2.01. The maximum absolute atomic E-state index is 13.1. The maximum Gasteiger partial charge on any atom is 0.270 e. The number of halogens is 1. The topological polar surface area (TPSA) is 85.1 Å². The van der Waals surface area contributed by atoms with Gasteiger partial charge in [-0.05, 0) is 29.8 Å². The van der Waals surface area contributed by atoms with Crippen LogP contribution in [0.25, 0.3) is 16.3 Å². The zero-order valence-corrected chi connectivity index (χ0v) is 12.9. The number of nitrogens with zero attached hydrogens (tertiary/aromatic N) is 2. The number of nitro benzene ring substituents is 1. The lowest BCUT2D eigenvalue weighted by Crippen LogP contribution is -2.07. The monoisotopic (exact) mass is 343 g/mol. The van der Waals surface area contributed by atoms with Gasteiger partial charge in [-0.15, -0.1) is 0 Å². The Bertz CT molecular complexity index is 968. The van der Waals surface area contributed by atoms with Crippen molar-refractivity contribution in [2.75, 3.05) is 5.32 Å². The van der Waals surface area contributed by atoms with Gasteiger partial charge in [-0.2, -0.15) is 0 Å². The van der Waals surface area contributed by atoms with Gasteiger partial charge in [0.2, 0.25) is 5.91 Å².